The first-order chi connectivity index (χ1) is 36.1. The highest BCUT2D eigenvalue weighted by molar-refractivity contribution is 9.09. The van der Waals surface area contributed by atoms with Crippen LogP contribution in [0.1, 0.15) is 36.3 Å². The lowest BCUT2D eigenvalue weighted by Crippen LogP contribution is -2.56. The molecule has 0 aromatic heterocycles. The minimum atomic E-state index is -1.36. The standard InChI is InChI=1S/C22H22N2O3.C10H17BrN2O2.C9H18N2O3.C7H13NO4.C4H7NO2/c1-2-21(25)23-11-13-24(14-12-23)22(26)27-15-20-18-9-5-3-7-16(18)17-8-4-6-10-19(17)20;1-2-9(14)12-6-4-3-5-7-13-10(15)8-11;1-2-9(12)11-4-6-14-8-7-13-5-3-10;1-2-6(12)8-7(3-9,4-10)5-11;1-2-4(7)5-3-6/h2-10,20H,1,11-15H2;2H,1,3-8H2,(H,12,14)(H,13,15);2H,1,3-8,10H2,(H,11,12);2,9-11H,1,3-5H2,(H,8,12);2,6H,1,3H2,(H,5,7). The molecule has 22 nitrogen and oxygen atoms in total. The van der Waals surface area contributed by atoms with E-state index in [2.05, 4.69) is 99.7 Å². The summed E-state index contributed by atoms with van der Waals surface area (Å²) in [6.07, 6.45) is 8.41. The van der Waals surface area contributed by atoms with E-state index in [1.54, 1.807) is 9.80 Å². The molecule has 75 heavy (non-hydrogen) atoms. The Labute approximate surface area is 448 Å². The number of rotatable bonds is 27. The number of unbranched alkanes of at least 4 members (excludes halogenated alkanes) is 2. The molecule has 2 aromatic rings. The zero-order valence-electron chi connectivity index (χ0n) is 42.7. The maximum atomic E-state index is 12.5. The number of fused-ring (bicyclic) bond motifs is 3. The molecule has 23 heteroatoms. The number of carbonyl (C=O) groups is 7. The van der Waals surface area contributed by atoms with Crippen molar-refractivity contribution in [2.24, 2.45) is 5.73 Å². The molecule has 1 heterocycles. The molecule has 11 N–H and O–H groups in total. The van der Waals surface area contributed by atoms with Crippen LogP contribution >= 0.6 is 15.9 Å². The normalized spacial score (nSPS) is 11.9. The molecule has 0 saturated carbocycles. The van der Waals surface area contributed by atoms with Gasteiger partial charge in [-0.25, -0.2) is 4.79 Å². The van der Waals surface area contributed by atoms with Crippen molar-refractivity contribution in [1.82, 2.24) is 36.4 Å². The van der Waals surface area contributed by atoms with E-state index in [-0.39, 0.29) is 48.3 Å². The minimum absolute atomic E-state index is 0.00922. The van der Waals surface area contributed by atoms with Crippen LogP contribution in [0.5, 0.6) is 0 Å². The fourth-order valence-electron chi connectivity index (χ4n) is 6.36. The van der Waals surface area contributed by atoms with Gasteiger partial charge in [0.1, 0.15) is 18.9 Å². The molecule has 416 valence electrons. The predicted octanol–water partition coefficient (Wildman–Crippen LogP) is 0.759. The summed E-state index contributed by atoms with van der Waals surface area (Å²) in [6.45, 7) is 21.4. The Kier molecular flexibility index (Phi) is 39.0. The molecule has 1 aliphatic carbocycles. The first-order valence-electron chi connectivity index (χ1n) is 23.9. The smallest absolute Gasteiger partial charge is 0.409 e. The van der Waals surface area contributed by atoms with Crippen molar-refractivity contribution in [2.75, 3.05) is 117 Å². The van der Waals surface area contributed by atoms with Crippen molar-refractivity contribution in [2.45, 2.75) is 30.7 Å². The molecule has 1 saturated heterocycles. The molecule has 2 aliphatic rings. The van der Waals surface area contributed by atoms with Crippen LogP contribution in [-0.2, 0) is 43.0 Å². The molecule has 1 fully saturated rings. The number of carbonyl (C=O) groups excluding carboxylic acids is 7. The Balaban J connectivity index is 0.000000987. The van der Waals surface area contributed by atoms with Gasteiger partial charge < -0.3 is 76.8 Å². The average molecular weight is 1120 g/mol. The lowest BCUT2D eigenvalue weighted by atomic mass is 9.98. The van der Waals surface area contributed by atoms with Crippen molar-refractivity contribution < 1.29 is 68.2 Å². The van der Waals surface area contributed by atoms with Crippen molar-refractivity contribution in [3.8, 4) is 11.1 Å². The third-order valence-electron chi connectivity index (χ3n) is 10.4. The summed E-state index contributed by atoms with van der Waals surface area (Å²) in [5.41, 5.74) is 8.69. The molecular formula is C52H77BrN8O14. The summed E-state index contributed by atoms with van der Waals surface area (Å²) in [5.74, 6) is -1.26. The Morgan fingerprint density at radius 1 is 0.613 bits per heavy atom. The van der Waals surface area contributed by atoms with E-state index in [1.165, 1.54) is 40.5 Å². The van der Waals surface area contributed by atoms with Gasteiger partial charge in [0, 0.05) is 58.3 Å². The minimum Gasteiger partial charge on any atom is -0.448 e. The third-order valence-corrected chi connectivity index (χ3v) is 10.9. The monoisotopic (exact) mass is 1120 g/mol. The van der Waals surface area contributed by atoms with Crippen LogP contribution in [-0.4, -0.2) is 195 Å². The zero-order chi connectivity index (χ0) is 56.3. The summed E-state index contributed by atoms with van der Waals surface area (Å²) in [7, 11) is 0. The second-order valence-corrected chi connectivity index (χ2v) is 16.3. The van der Waals surface area contributed by atoms with E-state index in [0.717, 1.165) is 31.4 Å². The molecular weight excluding hydrogens is 1040 g/mol. The Bertz CT molecular complexity index is 2030. The Morgan fingerprint density at radius 3 is 1.53 bits per heavy atom. The zero-order valence-corrected chi connectivity index (χ0v) is 44.3. The summed E-state index contributed by atoms with van der Waals surface area (Å²) >= 11 is 3.06. The van der Waals surface area contributed by atoms with E-state index in [9.17, 15) is 33.6 Å². The molecule has 2 aromatic carbocycles. The highest BCUT2D eigenvalue weighted by Crippen LogP contribution is 2.44. The van der Waals surface area contributed by atoms with E-state index < -0.39 is 31.3 Å². The van der Waals surface area contributed by atoms with Gasteiger partial charge in [0.25, 0.3) is 0 Å². The predicted molar refractivity (Wildman–Crippen MR) is 289 cm³/mol. The lowest BCUT2D eigenvalue weighted by molar-refractivity contribution is -0.127. The fraction of sp³-hybridized carbons (Fsp3) is 0.442. The number of ether oxygens (including phenoxy) is 3. The van der Waals surface area contributed by atoms with Crippen molar-refractivity contribution in [1.29, 1.82) is 0 Å². The topological polar surface area (TPSA) is 321 Å². The number of nitrogens with one attached hydrogen (secondary N) is 5. The highest BCUT2D eigenvalue weighted by Gasteiger charge is 2.31. The Morgan fingerprint density at radius 2 is 1.08 bits per heavy atom. The van der Waals surface area contributed by atoms with E-state index in [1.807, 2.05) is 24.3 Å². The van der Waals surface area contributed by atoms with Crippen LogP contribution in [0.15, 0.2) is 112 Å². The number of benzene rings is 2. The van der Waals surface area contributed by atoms with E-state index in [4.69, 9.17) is 40.4 Å². The van der Waals surface area contributed by atoms with Gasteiger partial charge in [-0.05, 0) is 71.9 Å². The van der Waals surface area contributed by atoms with Crippen LogP contribution < -0.4 is 32.3 Å². The van der Waals surface area contributed by atoms with Crippen LogP contribution in [0, 0.1) is 0 Å². The van der Waals surface area contributed by atoms with Gasteiger partial charge in [0.2, 0.25) is 35.4 Å². The van der Waals surface area contributed by atoms with Crippen molar-refractivity contribution in [3.63, 3.8) is 0 Å². The highest BCUT2D eigenvalue weighted by atomic mass is 79.9. The molecule has 0 spiro atoms. The number of amides is 7. The quantitative estimate of drug-likeness (QED) is 0.0256. The van der Waals surface area contributed by atoms with Crippen molar-refractivity contribution in [3.05, 3.63) is 123 Å². The third kappa shape index (κ3) is 29.2. The SMILES string of the molecule is C=CC(=O)N1CCN(C(=O)OCC2c3ccccc3-c3ccccc32)CC1.C=CC(=O)NC(CO)(CO)CO.C=CC(=O)NCCCCCNC(=O)CBr.C=CC(=O)NCCOCCOCCN.C=CC(=O)NCO. The fourth-order valence-corrected chi connectivity index (χ4v) is 6.56. The van der Waals surface area contributed by atoms with Gasteiger partial charge in [0.05, 0.1) is 51.6 Å². The largest absolute Gasteiger partial charge is 0.448 e. The van der Waals surface area contributed by atoms with Crippen LogP contribution in [0.3, 0.4) is 0 Å². The van der Waals surface area contributed by atoms with Crippen LogP contribution in [0.4, 0.5) is 4.79 Å². The van der Waals surface area contributed by atoms with Gasteiger partial charge in [-0.2, -0.15) is 0 Å². The summed E-state index contributed by atoms with van der Waals surface area (Å²) in [5, 5.41) is 46.9. The van der Waals surface area contributed by atoms with Crippen molar-refractivity contribution >= 4 is 57.5 Å². The molecule has 0 unspecified atom stereocenters. The van der Waals surface area contributed by atoms with Gasteiger partial charge in [-0.3, -0.25) is 28.8 Å². The molecule has 4 rings (SSSR count). The van der Waals surface area contributed by atoms with Crippen LogP contribution in [0.25, 0.3) is 11.1 Å². The van der Waals surface area contributed by atoms with E-state index in [0.29, 0.717) is 90.7 Å². The maximum Gasteiger partial charge on any atom is 0.409 e. The molecule has 0 atom stereocenters. The summed E-state index contributed by atoms with van der Waals surface area (Å²) in [6, 6.07) is 16.6. The second-order valence-electron chi connectivity index (χ2n) is 15.7. The molecule has 0 radical (unpaired) electrons. The average Bonchev–Trinajstić information content (AvgIpc) is 3.77. The number of hydrogen-bond acceptors (Lipinski definition) is 15. The second kappa shape index (κ2) is 42.8. The summed E-state index contributed by atoms with van der Waals surface area (Å²) < 4.78 is 15.9. The lowest BCUT2D eigenvalue weighted by Gasteiger charge is -2.33. The van der Waals surface area contributed by atoms with Gasteiger partial charge in [-0.1, -0.05) is 97.4 Å². The first kappa shape index (κ1) is 68.4. The Hall–Kier alpha value is -6.57. The molecule has 7 amide bonds. The number of hydrogen-bond donors (Lipinski definition) is 10. The van der Waals surface area contributed by atoms with E-state index >= 15 is 0 Å². The number of aliphatic hydroxyl groups excluding tert-OH is 4. The number of alkyl halides is 1. The molecule has 1 aliphatic heterocycles. The first-order valence-corrected chi connectivity index (χ1v) is 25.1. The summed E-state index contributed by atoms with van der Waals surface area (Å²) in [4.78, 5) is 80.5. The van der Waals surface area contributed by atoms with Gasteiger partial charge in [0.15, 0.2) is 0 Å². The number of nitrogens with zero attached hydrogens (tertiary/aromatic N) is 2. The maximum absolute atomic E-state index is 12.5. The number of aliphatic hydroxyl groups is 4. The van der Waals surface area contributed by atoms with Crippen LogP contribution in [0.2, 0.25) is 0 Å². The number of halogens is 1. The number of piperazine rings is 1. The van der Waals surface area contributed by atoms with Gasteiger partial charge in [-0.15, -0.1) is 0 Å². The van der Waals surface area contributed by atoms with Gasteiger partial charge >= 0.3 is 6.09 Å². The number of nitrogens with two attached hydrogens (primary N) is 1. The molecule has 0 bridgehead atoms.